The van der Waals surface area contributed by atoms with Gasteiger partial charge < -0.3 is 8.97 Å². The van der Waals surface area contributed by atoms with E-state index in [1.807, 2.05) is 0 Å². The van der Waals surface area contributed by atoms with Crippen LogP contribution in [0, 0.1) is 0 Å². The topological polar surface area (TPSA) is 34.1 Å². The molecule has 0 atom stereocenters. The van der Waals surface area contributed by atoms with Crippen LogP contribution in [0.4, 0.5) is 0 Å². The van der Waals surface area contributed by atoms with Crippen LogP contribution in [0.15, 0.2) is 24.3 Å². The fraction of sp³-hybridized carbons (Fsp3) is 0.714. The zero-order chi connectivity index (χ0) is 20.3. The van der Waals surface area contributed by atoms with Gasteiger partial charge in [0.15, 0.2) is 11.6 Å². The van der Waals surface area contributed by atoms with Gasteiger partial charge in [0.25, 0.3) is 0 Å². The largest absolute Gasteiger partial charge is 0.331 e. The van der Waals surface area contributed by atoms with Gasteiger partial charge in [-0.15, -0.1) is 0 Å². The molecule has 0 heterocycles. The Morgan fingerprint density at radius 3 is 1.56 bits per heavy atom. The molecule has 4 nitrogen and oxygen atoms in total. The smallest absolute Gasteiger partial charge is 0.163 e. The molecule has 0 spiro atoms. The highest BCUT2D eigenvalue weighted by Crippen LogP contribution is 2.04. The molecule has 25 heavy (non-hydrogen) atoms. The summed E-state index contributed by atoms with van der Waals surface area (Å²) in [7, 11) is 10.8. The molecule has 0 amide bonds. The summed E-state index contributed by atoms with van der Waals surface area (Å²) in [6.45, 7) is 16.0. The molecule has 4 heteroatoms. The van der Waals surface area contributed by atoms with Crippen LogP contribution in [0.25, 0.3) is 0 Å². The van der Waals surface area contributed by atoms with E-state index < -0.39 is 0 Å². The highest BCUT2D eigenvalue weighted by Gasteiger charge is 2.14. The van der Waals surface area contributed by atoms with Crippen molar-refractivity contribution in [2.75, 3.05) is 54.9 Å². The van der Waals surface area contributed by atoms with Crippen molar-refractivity contribution >= 4 is 11.6 Å². The summed E-state index contributed by atoms with van der Waals surface area (Å²) in [5.74, 6) is 0.399. The lowest BCUT2D eigenvalue weighted by Crippen LogP contribution is -2.40. The van der Waals surface area contributed by atoms with E-state index in [1.165, 1.54) is 0 Å². The Morgan fingerprint density at radius 2 is 1.20 bits per heavy atom. The third kappa shape index (κ3) is 17.4. The molecule has 0 aliphatic carbocycles. The maximum absolute atomic E-state index is 11.2. The predicted molar refractivity (Wildman–Crippen MR) is 109 cm³/mol. The molecule has 0 saturated heterocycles. The van der Waals surface area contributed by atoms with E-state index in [9.17, 15) is 9.59 Å². The predicted octanol–water partition coefficient (Wildman–Crippen LogP) is 3.63. The molecule has 0 fully saturated rings. The molecule has 0 aromatic heterocycles. The molecule has 0 bridgehead atoms. The van der Waals surface area contributed by atoms with E-state index in [2.05, 4.69) is 55.3 Å². The van der Waals surface area contributed by atoms with Gasteiger partial charge in [-0.2, -0.15) is 0 Å². The first kappa shape index (κ1) is 26.0. The van der Waals surface area contributed by atoms with Gasteiger partial charge in [-0.05, 0) is 44.8 Å². The zero-order valence-electron chi connectivity index (χ0n) is 18.1. The normalized spacial score (nSPS) is 11.4. The molecule has 146 valence electrons. The summed E-state index contributed by atoms with van der Waals surface area (Å²) >= 11 is 0. The van der Waals surface area contributed by atoms with Crippen molar-refractivity contribution in [2.45, 2.75) is 46.5 Å². The highest BCUT2D eigenvalue weighted by atomic mass is 16.1. The van der Waals surface area contributed by atoms with Crippen LogP contribution in [0.5, 0.6) is 0 Å². The third-order valence-electron chi connectivity index (χ3n) is 4.24. The first-order chi connectivity index (χ1) is 11.2. The number of Topliss-reactive ketones (excluding diaryl/α,β-unsaturated/α-hetero) is 2. The number of unbranched alkanes of at least 4 members (excludes halogenated alkanes) is 1. The molecule has 0 N–H and O–H groups in total. The summed E-state index contributed by atoms with van der Waals surface area (Å²) < 4.78 is 1.88. The Hall–Kier alpha value is -1.26. The molecular weight excluding hydrogens is 312 g/mol. The van der Waals surface area contributed by atoms with Gasteiger partial charge in [0, 0.05) is 6.42 Å². The van der Waals surface area contributed by atoms with E-state index in [1.54, 1.807) is 13.8 Å². The van der Waals surface area contributed by atoms with Crippen LogP contribution >= 0.6 is 0 Å². The molecule has 0 aromatic rings. The van der Waals surface area contributed by atoms with Crippen molar-refractivity contribution in [2.24, 2.45) is 0 Å². The van der Waals surface area contributed by atoms with Gasteiger partial charge in [0.2, 0.25) is 0 Å². The molecule has 0 radical (unpaired) electrons. The minimum atomic E-state index is 0.189. The van der Waals surface area contributed by atoms with Crippen molar-refractivity contribution in [3.8, 4) is 0 Å². The first-order valence-electron chi connectivity index (χ1n) is 9.21. The number of nitrogens with zero attached hydrogens (tertiary/aromatic N) is 2. The highest BCUT2D eigenvalue weighted by molar-refractivity contribution is 5.94. The van der Waals surface area contributed by atoms with Gasteiger partial charge >= 0.3 is 0 Å². The van der Waals surface area contributed by atoms with E-state index in [4.69, 9.17) is 0 Å². The molecule has 0 aromatic carbocycles. The van der Waals surface area contributed by atoms with Crippen molar-refractivity contribution in [1.29, 1.82) is 0 Å². The Bertz CT molecular complexity index is 457. The van der Waals surface area contributed by atoms with E-state index in [-0.39, 0.29) is 11.6 Å². The van der Waals surface area contributed by atoms with Gasteiger partial charge in [-0.1, -0.05) is 13.2 Å². The van der Waals surface area contributed by atoms with Crippen LogP contribution in [-0.4, -0.2) is 75.4 Å². The summed E-state index contributed by atoms with van der Waals surface area (Å²) in [6, 6.07) is 0. The molecule has 0 aliphatic rings. The monoisotopic (exact) mass is 354 g/mol. The standard InChI is InChI=1S/C11H22NO.C10H20NO/c1-10(2)11(13)8-6-7-9-12(3,4)5;1-6-11(4,5)8-7-10(12)9(2)3/h1,6-9H2,2-5H3;2,6-8H2,1,3-5H3/q2*+1. The Morgan fingerprint density at radius 1 is 0.760 bits per heavy atom. The molecular formula is C21H42N2O2+2. The van der Waals surface area contributed by atoms with Gasteiger partial charge in [0.1, 0.15) is 0 Å². The zero-order valence-corrected chi connectivity index (χ0v) is 18.1. The Labute approximate surface area is 156 Å². The van der Waals surface area contributed by atoms with Gasteiger partial charge in [-0.3, -0.25) is 9.59 Å². The molecule has 0 rings (SSSR count). The van der Waals surface area contributed by atoms with Crippen molar-refractivity contribution < 1.29 is 18.6 Å². The first-order valence-corrected chi connectivity index (χ1v) is 9.21. The van der Waals surface area contributed by atoms with Crippen LogP contribution in [0.1, 0.15) is 46.5 Å². The SMILES string of the molecule is C=C(C)C(=O)CCCC[N+](C)(C)C.C=C(C)C(=O)CC[N+](C)(C)CC. The lowest BCUT2D eigenvalue weighted by atomic mass is 10.1. The second-order valence-corrected chi connectivity index (χ2v) is 8.60. The Balaban J connectivity index is 0. The lowest BCUT2D eigenvalue weighted by molar-refractivity contribution is -0.887. The number of allylic oxidation sites excluding steroid dienone is 2. The summed E-state index contributed by atoms with van der Waals surface area (Å²) in [5.41, 5.74) is 1.36. The second-order valence-electron chi connectivity index (χ2n) is 8.60. The summed E-state index contributed by atoms with van der Waals surface area (Å²) in [4.78, 5) is 22.4. The summed E-state index contributed by atoms with van der Waals surface area (Å²) in [5, 5.41) is 0. The number of hydrogen-bond donors (Lipinski definition) is 0. The van der Waals surface area contributed by atoms with Crippen molar-refractivity contribution in [3.63, 3.8) is 0 Å². The quantitative estimate of drug-likeness (QED) is 0.323. The fourth-order valence-electron chi connectivity index (χ4n) is 1.86. The van der Waals surface area contributed by atoms with Crippen LogP contribution in [-0.2, 0) is 9.59 Å². The lowest BCUT2D eigenvalue weighted by Gasteiger charge is -2.27. The van der Waals surface area contributed by atoms with Crippen LogP contribution < -0.4 is 0 Å². The van der Waals surface area contributed by atoms with Crippen LogP contribution in [0.2, 0.25) is 0 Å². The number of ketones is 2. The summed E-state index contributed by atoms with van der Waals surface area (Å²) in [6.07, 6.45) is 3.38. The molecule has 0 saturated carbocycles. The van der Waals surface area contributed by atoms with Gasteiger partial charge in [-0.25, -0.2) is 0 Å². The van der Waals surface area contributed by atoms with E-state index in [0.29, 0.717) is 24.0 Å². The Kier molecular flexibility index (Phi) is 12.6. The minimum Gasteiger partial charge on any atom is -0.331 e. The van der Waals surface area contributed by atoms with Gasteiger partial charge in [0.05, 0.1) is 61.3 Å². The van der Waals surface area contributed by atoms with E-state index in [0.717, 1.165) is 41.4 Å². The maximum atomic E-state index is 11.2. The number of rotatable bonds is 11. The molecule has 0 unspecified atom stereocenters. The van der Waals surface area contributed by atoms with Crippen molar-refractivity contribution in [1.82, 2.24) is 0 Å². The minimum absolute atomic E-state index is 0.189. The molecule has 0 aliphatic heterocycles. The maximum Gasteiger partial charge on any atom is 0.163 e. The third-order valence-corrected chi connectivity index (χ3v) is 4.24. The van der Waals surface area contributed by atoms with E-state index >= 15 is 0 Å². The second kappa shape index (κ2) is 12.2. The van der Waals surface area contributed by atoms with Crippen molar-refractivity contribution in [3.05, 3.63) is 24.3 Å². The number of hydrogen-bond acceptors (Lipinski definition) is 2. The fourth-order valence-corrected chi connectivity index (χ4v) is 1.86. The number of carbonyl (C=O) groups excluding carboxylic acids is 2. The average molecular weight is 355 g/mol. The number of quaternary nitrogens is 2. The average Bonchev–Trinajstić information content (AvgIpc) is 2.48. The number of carbonyl (C=O) groups is 2. The van der Waals surface area contributed by atoms with Crippen LogP contribution in [0.3, 0.4) is 0 Å².